The zero-order valence-electron chi connectivity index (χ0n) is 11.7. The van der Waals surface area contributed by atoms with Crippen LogP contribution in [0.5, 0.6) is 0 Å². The molecule has 0 unspecified atom stereocenters. The van der Waals surface area contributed by atoms with Gasteiger partial charge >= 0.3 is 0 Å². The van der Waals surface area contributed by atoms with E-state index in [0.717, 1.165) is 23.7 Å². The van der Waals surface area contributed by atoms with Crippen molar-refractivity contribution in [2.45, 2.75) is 43.5 Å². The highest BCUT2D eigenvalue weighted by molar-refractivity contribution is 8.00. The smallest absolute Gasteiger partial charge is 0.230 e. The molecule has 0 radical (unpaired) electrons. The van der Waals surface area contributed by atoms with E-state index in [-0.39, 0.29) is 11.7 Å². The molecule has 0 aliphatic heterocycles. The number of carbonyl (C=O) groups excluding carboxylic acids is 1. The van der Waals surface area contributed by atoms with E-state index < -0.39 is 0 Å². The zero-order valence-corrected chi connectivity index (χ0v) is 12.5. The van der Waals surface area contributed by atoms with Crippen LogP contribution in [0.15, 0.2) is 23.1 Å². The van der Waals surface area contributed by atoms with Crippen molar-refractivity contribution >= 4 is 23.4 Å². The van der Waals surface area contributed by atoms with Gasteiger partial charge in [-0.2, -0.15) is 0 Å². The van der Waals surface area contributed by atoms with Crippen LogP contribution in [0.4, 0.5) is 10.1 Å². The predicted molar refractivity (Wildman–Crippen MR) is 81.1 cm³/mol. The summed E-state index contributed by atoms with van der Waals surface area (Å²) in [5.41, 5.74) is 6.10. The van der Waals surface area contributed by atoms with Crippen LogP contribution in [0.3, 0.4) is 0 Å². The summed E-state index contributed by atoms with van der Waals surface area (Å²) in [5.74, 6) is 0.768. The zero-order chi connectivity index (χ0) is 14.5. The van der Waals surface area contributed by atoms with Gasteiger partial charge in [-0.05, 0) is 49.8 Å². The van der Waals surface area contributed by atoms with Crippen LogP contribution in [0, 0.1) is 11.7 Å². The van der Waals surface area contributed by atoms with E-state index in [9.17, 15) is 9.18 Å². The van der Waals surface area contributed by atoms with E-state index in [2.05, 4.69) is 12.2 Å². The molecule has 1 aromatic carbocycles. The summed E-state index contributed by atoms with van der Waals surface area (Å²) in [6.45, 7) is 2.26. The van der Waals surface area contributed by atoms with Crippen LogP contribution in [-0.2, 0) is 4.79 Å². The van der Waals surface area contributed by atoms with Crippen molar-refractivity contribution in [3.8, 4) is 0 Å². The van der Waals surface area contributed by atoms with E-state index in [1.165, 1.54) is 36.7 Å². The Morgan fingerprint density at radius 3 is 2.75 bits per heavy atom. The first-order chi connectivity index (χ1) is 9.54. The maximum atomic E-state index is 12.9. The van der Waals surface area contributed by atoms with Gasteiger partial charge in [0.25, 0.3) is 0 Å². The number of benzene rings is 1. The molecule has 3 nitrogen and oxygen atoms in total. The molecule has 0 saturated heterocycles. The third-order valence-corrected chi connectivity index (χ3v) is 4.80. The Bertz CT molecular complexity index is 473. The van der Waals surface area contributed by atoms with E-state index >= 15 is 0 Å². The molecular weight excluding hydrogens is 275 g/mol. The molecule has 1 fully saturated rings. The number of nitrogens with one attached hydrogen (secondary N) is 1. The summed E-state index contributed by atoms with van der Waals surface area (Å²) in [6.07, 6.45) is 4.50. The molecule has 1 aromatic rings. The van der Waals surface area contributed by atoms with E-state index in [1.54, 1.807) is 6.07 Å². The summed E-state index contributed by atoms with van der Waals surface area (Å²) in [7, 11) is 0. The molecule has 0 aromatic heterocycles. The fourth-order valence-electron chi connectivity index (χ4n) is 2.47. The van der Waals surface area contributed by atoms with Gasteiger partial charge in [0, 0.05) is 16.6 Å². The molecule has 110 valence electrons. The minimum Gasteiger partial charge on any atom is -0.398 e. The summed E-state index contributed by atoms with van der Waals surface area (Å²) in [4.78, 5) is 12.6. The van der Waals surface area contributed by atoms with Crippen LogP contribution in [0.25, 0.3) is 0 Å². The third-order valence-electron chi connectivity index (χ3n) is 3.71. The van der Waals surface area contributed by atoms with Crippen molar-refractivity contribution in [2.75, 3.05) is 11.5 Å². The second-order valence-electron chi connectivity index (χ2n) is 5.50. The summed E-state index contributed by atoms with van der Waals surface area (Å²) >= 11 is 1.35. The first kappa shape index (κ1) is 15.2. The second kappa shape index (κ2) is 6.97. The average molecular weight is 296 g/mol. The normalized spacial score (nSPS) is 22.5. The quantitative estimate of drug-likeness (QED) is 0.662. The van der Waals surface area contributed by atoms with Crippen LogP contribution < -0.4 is 11.1 Å². The summed E-state index contributed by atoms with van der Waals surface area (Å²) in [5, 5.41) is 3.07. The maximum Gasteiger partial charge on any atom is 0.230 e. The van der Waals surface area contributed by atoms with Crippen LogP contribution in [-0.4, -0.2) is 17.7 Å². The highest BCUT2D eigenvalue weighted by Gasteiger charge is 2.19. The number of nitrogen functional groups attached to an aromatic ring is 1. The SMILES string of the molecule is CC1CCC(NC(=O)CSc2ccc(F)cc2N)CC1. The molecule has 5 heteroatoms. The van der Waals surface area contributed by atoms with Gasteiger partial charge < -0.3 is 11.1 Å². The Morgan fingerprint density at radius 1 is 1.40 bits per heavy atom. The van der Waals surface area contributed by atoms with Gasteiger partial charge in [-0.1, -0.05) is 6.92 Å². The molecule has 0 spiro atoms. The number of hydrogen-bond donors (Lipinski definition) is 2. The monoisotopic (exact) mass is 296 g/mol. The summed E-state index contributed by atoms with van der Waals surface area (Å²) < 4.78 is 12.9. The molecule has 0 heterocycles. The predicted octanol–water partition coefficient (Wildman–Crippen LogP) is 3.19. The van der Waals surface area contributed by atoms with Gasteiger partial charge in [-0.15, -0.1) is 11.8 Å². The standard InChI is InChI=1S/C15H21FN2OS/c1-10-2-5-12(6-3-10)18-15(19)9-20-14-7-4-11(16)8-13(14)17/h4,7-8,10,12H,2-3,5-6,9,17H2,1H3,(H,18,19). The molecule has 20 heavy (non-hydrogen) atoms. The lowest BCUT2D eigenvalue weighted by Gasteiger charge is -2.26. The number of thioether (sulfide) groups is 1. The van der Waals surface area contributed by atoms with Gasteiger partial charge in [-0.25, -0.2) is 4.39 Å². The molecule has 1 amide bonds. The number of hydrogen-bond acceptors (Lipinski definition) is 3. The molecule has 0 atom stereocenters. The van der Waals surface area contributed by atoms with Gasteiger partial charge in [0.15, 0.2) is 0 Å². The molecule has 1 saturated carbocycles. The van der Waals surface area contributed by atoms with Crippen LogP contribution >= 0.6 is 11.8 Å². The molecule has 1 aliphatic rings. The van der Waals surface area contributed by atoms with Gasteiger partial charge in [0.1, 0.15) is 5.82 Å². The largest absolute Gasteiger partial charge is 0.398 e. The maximum absolute atomic E-state index is 12.9. The van der Waals surface area contributed by atoms with Crippen molar-refractivity contribution < 1.29 is 9.18 Å². The molecule has 2 rings (SSSR count). The van der Waals surface area contributed by atoms with Gasteiger partial charge in [-0.3, -0.25) is 4.79 Å². The summed E-state index contributed by atoms with van der Waals surface area (Å²) in [6, 6.07) is 4.57. The van der Waals surface area contributed by atoms with Crippen molar-refractivity contribution in [2.24, 2.45) is 5.92 Å². The number of halogens is 1. The van der Waals surface area contributed by atoms with E-state index in [0.29, 0.717) is 17.5 Å². The number of carbonyl (C=O) groups is 1. The molecule has 0 bridgehead atoms. The average Bonchev–Trinajstić information content (AvgIpc) is 2.40. The van der Waals surface area contributed by atoms with Gasteiger partial charge in [0.05, 0.1) is 5.75 Å². The van der Waals surface area contributed by atoms with Gasteiger partial charge in [0.2, 0.25) is 5.91 Å². The third kappa shape index (κ3) is 4.40. The first-order valence-corrected chi connectivity index (χ1v) is 8.00. The Balaban J connectivity index is 1.77. The lowest BCUT2D eigenvalue weighted by atomic mass is 9.87. The number of rotatable bonds is 4. The highest BCUT2D eigenvalue weighted by Crippen LogP contribution is 2.26. The lowest BCUT2D eigenvalue weighted by molar-refractivity contribution is -0.119. The Hall–Kier alpha value is -1.23. The fraction of sp³-hybridized carbons (Fsp3) is 0.533. The Kier molecular flexibility index (Phi) is 5.29. The van der Waals surface area contributed by atoms with Crippen LogP contribution in [0.2, 0.25) is 0 Å². The number of nitrogens with two attached hydrogens (primary N) is 1. The van der Waals surface area contributed by atoms with E-state index in [4.69, 9.17) is 5.73 Å². The van der Waals surface area contributed by atoms with Crippen molar-refractivity contribution in [1.82, 2.24) is 5.32 Å². The Morgan fingerprint density at radius 2 is 2.10 bits per heavy atom. The van der Waals surface area contributed by atoms with E-state index in [1.807, 2.05) is 0 Å². The molecular formula is C15H21FN2OS. The second-order valence-corrected chi connectivity index (χ2v) is 6.51. The first-order valence-electron chi connectivity index (χ1n) is 7.02. The lowest BCUT2D eigenvalue weighted by Crippen LogP contribution is -2.38. The number of anilines is 1. The van der Waals surface area contributed by atoms with Crippen molar-refractivity contribution in [3.63, 3.8) is 0 Å². The minimum absolute atomic E-state index is 0.0262. The van der Waals surface area contributed by atoms with Crippen molar-refractivity contribution in [3.05, 3.63) is 24.0 Å². The topological polar surface area (TPSA) is 55.1 Å². The van der Waals surface area contributed by atoms with Crippen molar-refractivity contribution in [1.29, 1.82) is 0 Å². The number of amides is 1. The molecule has 3 N–H and O–H groups in total. The molecule has 1 aliphatic carbocycles. The Labute approximate surface area is 123 Å². The minimum atomic E-state index is -0.354. The van der Waals surface area contributed by atoms with Crippen LogP contribution in [0.1, 0.15) is 32.6 Å². The fourth-order valence-corrected chi connectivity index (χ4v) is 3.23. The highest BCUT2D eigenvalue weighted by atomic mass is 32.2.